The molecule has 1 aromatic carbocycles. The molecule has 0 spiro atoms. The number of halogens is 1. The Hall–Kier alpha value is -0.650. The van der Waals surface area contributed by atoms with Crippen LogP contribution in [0.15, 0.2) is 24.3 Å². The van der Waals surface area contributed by atoms with E-state index in [0.717, 1.165) is 21.6 Å². The highest BCUT2D eigenvalue weighted by atomic mass is 35.5. The fraction of sp³-hybridized carbons (Fsp3) is 0.467. The maximum absolute atomic E-state index is 12.9. The third-order valence-corrected chi connectivity index (χ3v) is 7.56. The molecule has 1 heterocycles. The highest BCUT2D eigenvalue weighted by Crippen LogP contribution is 2.56. The second-order valence-electron chi connectivity index (χ2n) is 4.88. The number of Topliss-reactive ketones (excluding diaryl/α,β-unsaturated/α-hetero) is 1. The minimum Gasteiger partial charge on any atom is -0.483 e. The number of rotatable bonds is 4. The van der Waals surface area contributed by atoms with Crippen LogP contribution in [0.2, 0.25) is 0 Å². The summed E-state index contributed by atoms with van der Waals surface area (Å²) in [6.45, 7) is 5.35. The number of alkyl halides is 1. The molecule has 0 bridgehead atoms. The molecule has 6 heteroatoms. The zero-order valence-electron chi connectivity index (χ0n) is 12.1. The zero-order chi connectivity index (χ0) is 15.7. The summed E-state index contributed by atoms with van der Waals surface area (Å²) in [4.78, 5) is 24.2. The van der Waals surface area contributed by atoms with Crippen LogP contribution in [0.3, 0.4) is 0 Å². The van der Waals surface area contributed by atoms with Crippen molar-refractivity contribution in [1.82, 2.24) is 0 Å². The van der Waals surface area contributed by atoms with Crippen molar-refractivity contribution in [3.63, 3.8) is 0 Å². The lowest BCUT2D eigenvalue weighted by molar-refractivity contribution is -0.109. The van der Waals surface area contributed by atoms with Gasteiger partial charge in [-0.05, 0) is 35.8 Å². The van der Waals surface area contributed by atoms with Crippen molar-refractivity contribution in [2.24, 2.45) is 0 Å². The normalized spacial score (nSPS) is 23.3. The van der Waals surface area contributed by atoms with E-state index in [1.807, 2.05) is 19.9 Å². The Morgan fingerprint density at radius 2 is 1.90 bits per heavy atom. The molecule has 1 aliphatic rings. The molecule has 0 radical (unpaired) electrons. The molecule has 0 aromatic heterocycles. The second-order valence-corrected chi connectivity index (χ2v) is 8.19. The standard InChI is InChI=1S/C15H17ClO3S2/c1-4-14(5-2)15(16,21-20-10(3)17)13(18)11-8-6-7-9-12(11)19-14/h6-9H,4-5H2,1-3H3. The van der Waals surface area contributed by atoms with Crippen LogP contribution in [-0.2, 0) is 4.79 Å². The van der Waals surface area contributed by atoms with Crippen molar-refractivity contribution < 1.29 is 14.3 Å². The predicted molar refractivity (Wildman–Crippen MR) is 89.2 cm³/mol. The number of hydrogen-bond acceptors (Lipinski definition) is 5. The SMILES string of the molecule is CCC1(CC)Oc2ccccc2C(=O)C1(Cl)SSC(C)=O. The third kappa shape index (κ3) is 2.71. The second kappa shape index (κ2) is 6.23. The zero-order valence-corrected chi connectivity index (χ0v) is 14.5. The van der Waals surface area contributed by atoms with E-state index in [0.29, 0.717) is 24.2 Å². The van der Waals surface area contributed by atoms with Gasteiger partial charge in [0.1, 0.15) is 11.4 Å². The van der Waals surface area contributed by atoms with Gasteiger partial charge in [0, 0.05) is 6.92 Å². The fourth-order valence-corrected chi connectivity index (χ4v) is 5.45. The van der Waals surface area contributed by atoms with Crippen LogP contribution in [0.25, 0.3) is 0 Å². The average molecular weight is 345 g/mol. The number of carbonyl (C=O) groups is 2. The van der Waals surface area contributed by atoms with Gasteiger partial charge in [-0.3, -0.25) is 9.59 Å². The van der Waals surface area contributed by atoms with Crippen LogP contribution in [-0.4, -0.2) is 20.7 Å². The average Bonchev–Trinajstić information content (AvgIpc) is 2.49. The Balaban J connectivity index is 2.53. The van der Waals surface area contributed by atoms with Crippen molar-refractivity contribution >= 4 is 44.1 Å². The van der Waals surface area contributed by atoms with E-state index in [9.17, 15) is 9.59 Å². The first kappa shape index (κ1) is 16.7. The molecule has 0 saturated heterocycles. The van der Waals surface area contributed by atoms with Crippen LogP contribution >= 0.6 is 33.2 Å². The van der Waals surface area contributed by atoms with Gasteiger partial charge in [-0.2, -0.15) is 0 Å². The van der Waals surface area contributed by atoms with Crippen molar-refractivity contribution in [2.45, 2.75) is 43.4 Å². The van der Waals surface area contributed by atoms with Crippen LogP contribution in [0, 0.1) is 0 Å². The highest BCUT2D eigenvalue weighted by Gasteiger charge is 2.60. The lowest BCUT2D eigenvalue weighted by atomic mass is 9.84. The minimum atomic E-state index is -1.30. The van der Waals surface area contributed by atoms with Crippen molar-refractivity contribution in [2.75, 3.05) is 0 Å². The molecule has 21 heavy (non-hydrogen) atoms. The molecule has 1 aromatic rings. The number of ketones is 1. The van der Waals surface area contributed by atoms with Crippen molar-refractivity contribution in [3.8, 4) is 5.75 Å². The molecule has 114 valence electrons. The summed E-state index contributed by atoms with van der Waals surface area (Å²) in [7, 11) is 2.09. The lowest BCUT2D eigenvalue weighted by Crippen LogP contribution is -2.58. The Bertz CT molecular complexity index is 572. The van der Waals surface area contributed by atoms with E-state index in [2.05, 4.69) is 0 Å². The minimum absolute atomic E-state index is 0.0900. The topological polar surface area (TPSA) is 43.4 Å². The first-order valence-electron chi connectivity index (χ1n) is 6.78. The fourth-order valence-electron chi connectivity index (χ4n) is 2.48. The van der Waals surface area contributed by atoms with Gasteiger partial charge in [0.15, 0.2) is 5.12 Å². The lowest BCUT2D eigenvalue weighted by Gasteiger charge is -2.47. The molecular formula is C15H17ClO3S2. The smallest absolute Gasteiger partial charge is 0.202 e. The third-order valence-electron chi connectivity index (χ3n) is 3.73. The molecule has 0 amide bonds. The summed E-state index contributed by atoms with van der Waals surface area (Å²) in [5.74, 6) is 0.379. The molecule has 0 saturated carbocycles. The quantitative estimate of drug-likeness (QED) is 0.586. The first-order valence-corrected chi connectivity index (χ1v) is 9.31. The van der Waals surface area contributed by atoms with E-state index >= 15 is 0 Å². The van der Waals surface area contributed by atoms with Gasteiger partial charge in [-0.25, -0.2) is 0 Å². The Kier molecular flexibility index (Phi) is 4.96. The highest BCUT2D eigenvalue weighted by molar-refractivity contribution is 8.83. The van der Waals surface area contributed by atoms with Crippen molar-refractivity contribution in [1.29, 1.82) is 0 Å². The van der Waals surface area contributed by atoms with Gasteiger partial charge in [0.25, 0.3) is 0 Å². The molecule has 1 aliphatic heterocycles. The molecule has 2 rings (SSSR count). The molecular weight excluding hydrogens is 328 g/mol. The summed E-state index contributed by atoms with van der Waals surface area (Å²) < 4.78 is 4.83. The van der Waals surface area contributed by atoms with E-state index in [4.69, 9.17) is 16.3 Å². The van der Waals surface area contributed by atoms with E-state index in [-0.39, 0.29) is 10.9 Å². The Morgan fingerprint density at radius 1 is 1.29 bits per heavy atom. The molecule has 1 unspecified atom stereocenters. The number of carbonyl (C=O) groups excluding carboxylic acids is 2. The van der Waals surface area contributed by atoms with Crippen LogP contribution in [0.5, 0.6) is 5.75 Å². The monoisotopic (exact) mass is 344 g/mol. The van der Waals surface area contributed by atoms with Gasteiger partial charge in [-0.15, -0.1) is 0 Å². The number of para-hydroxylation sites is 1. The Morgan fingerprint density at radius 3 is 2.48 bits per heavy atom. The molecule has 0 fully saturated rings. The van der Waals surface area contributed by atoms with Gasteiger partial charge < -0.3 is 4.74 Å². The number of ether oxygens (including phenoxy) is 1. The maximum Gasteiger partial charge on any atom is 0.202 e. The molecule has 0 N–H and O–H groups in total. The van der Waals surface area contributed by atoms with Gasteiger partial charge in [-0.1, -0.05) is 48.4 Å². The molecule has 0 aliphatic carbocycles. The van der Waals surface area contributed by atoms with Crippen LogP contribution in [0.4, 0.5) is 0 Å². The summed E-state index contributed by atoms with van der Waals surface area (Å²) in [6.07, 6.45) is 1.16. The first-order chi connectivity index (χ1) is 9.90. The van der Waals surface area contributed by atoms with Gasteiger partial charge in [0.05, 0.1) is 5.56 Å². The van der Waals surface area contributed by atoms with Gasteiger partial charge >= 0.3 is 0 Å². The molecule has 1 atom stereocenters. The number of hydrogen-bond donors (Lipinski definition) is 0. The molecule has 3 nitrogen and oxygen atoms in total. The largest absolute Gasteiger partial charge is 0.483 e. The van der Waals surface area contributed by atoms with E-state index in [1.165, 1.54) is 6.92 Å². The van der Waals surface area contributed by atoms with Crippen molar-refractivity contribution in [3.05, 3.63) is 29.8 Å². The van der Waals surface area contributed by atoms with E-state index < -0.39 is 9.81 Å². The summed E-state index contributed by atoms with van der Waals surface area (Å²) >= 11 is 6.74. The summed E-state index contributed by atoms with van der Waals surface area (Å²) in [5, 5.41) is -0.0900. The van der Waals surface area contributed by atoms with Crippen LogP contribution in [0.1, 0.15) is 44.0 Å². The Labute approximate surface area is 137 Å². The van der Waals surface area contributed by atoms with Crippen LogP contribution < -0.4 is 4.74 Å². The van der Waals surface area contributed by atoms with Gasteiger partial charge in [0.2, 0.25) is 9.99 Å². The number of fused-ring (bicyclic) bond motifs is 1. The maximum atomic E-state index is 12.9. The predicted octanol–water partition coefficient (Wildman–Crippen LogP) is 4.68. The number of benzene rings is 1. The van der Waals surface area contributed by atoms with E-state index in [1.54, 1.807) is 18.2 Å². The summed E-state index contributed by atoms with van der Waals surface area (Å²) in [6, 6.07) is 7.11. The summed E-state index contributed by atoms with van der Waals surface area (Å²) in [5.41, 5.74) is -0.353.